The first-order valence-electron chi connectivity index (χ1n) is 6.61. The Morgan fingerprint density at radius 2 is 1.95 bits per heavy atom. The smallest absolute Gasteiger partial charge is 0.229 e. The molecule has 0 radical (unpaired) electrons. The van der Waals surface area contributed by atoms with Crippen LogP contribution in [0.3, 0.4) is 0 Å². The average molecular weight is 280 g/mol. The summed E-state index contributed by atoms with van der Waals surface area (Å²) in [6, 6.07) is 17.9. The third-order valence-electron chi connectivity index (χ3n) is 3.29. The summed E-state index contributed by atoms with van der Waals surface area (Å²) in [7, 11) is 1.64. The van der Waals surface area contributed by atoms with Crippen LogP contribution in [-0.2, 0) is 4.79 Å². The molecule has 0 aliphatic heterocycles. The molecule has 1 N–H and O–H groups in total. The lowest BCUT2D eigenvalue weighted by molar-refractivity contribution is -0.120. The lowest BCUT2D eigenvalue weighted by Gasteiger charge is -2.19. The summed E-state index contributed by atoms with van der Waals surface area (Å²) in [6.45, 7) is 0. The molecule has 1 unspecified atom stereocenters. The van der Waals surface area contributed by atoms with Gasteiger partial charge in [-0.05, 0) is 23.8 Å². The summed E-state index contributed by atoms with van der Waals surface area (Å²) < 4.78 is 0. The number of carbonyl (C=O) groups is 1. The van der Waals surface area contributed by atoms with Gasteiger partial charge in [0.05, 0.1) is 24.2 Å². The Hall–Kier alpha value is -2.64. The Balaban J connectivity index is 2.07. The fourth-order valence-electron chi connectivity index (χ4n) is 2.02. The van der Waals surface area contributed by atoms with E-state index in [1.54, 1.807) is 43.4 Å². The van der Waals surface area contributed by atoms with Crippen LogP contribution < -0.4 is 4.90 Å². The van der Waals surface area contributed by atoms with Crippen LogP contribution in [0.4, 0.5) is 5.69 Å². The highest BCUT2D eigenvalue weighted by Crippen LogP contribution is 2.20. The largest absolute Gasteiger partial charge is 0.388 e. The molecule has 0 aromatic heterocycles. The van der Waals surface area contributed by atoms with Crippen molar-refractivity contribution in [1.82, 2.24) is 0 Å². The highest BCUT2D eigenvalue weighted by molar-refractivity contribution is 5.93. The molecule has 0 aliphatic carbocycles. The third-order valence-corrected chi connectivity index (χ3v) is 3.29. The van der Waals surface area contributed by atoms with Gasteiger partial charge in [-0.3, -0.25) is 4.79 Å². The minimum Gasteiger partial charge on any atom is -0.388 e. The first-order chi connectivity index (χ1) is 10.1. The van der Waals surface area contributed by atoms with Gasteiger partial charge in [0.25, 0.3) is 0 Å². The Labute approximate surface area is 123 Å². The van der Waals surface area contributed by atoms with Crippen LogP contribution in [0.25, 0.3) is 0 Å². The first-order valence-corrected chi connectivity index (χ1v) is 6.61. The molecule has 1 atom stereocenters. The molecule has 21 heavy (non-hydrogen) atoms. The van der Waals surface area contributed by atoms with Crippen molar-refractivity contribution in [3.8, 4) is 6.07 Å². The van der Waals surface area contributed by atoms with E-state index in [2.05, 4.69) is 0 Å². The molecular weight excluding hydrogens is 264 g/mol. The predicted octanol–water partition coefficient (Wildman–Crippen LogP) is 2.64. The standard InChI is InChI=1S/C17H16N2O2/c1-19(15-9-5-6-13(10-15)12-18)17(21)11-16(20)14-7-3-2-4-8-14/h2-10,16,20H,11H2,1H3. The summed E-state index contributed by atoms with van der Waals surface area (Å²) >= 11 is 0. The molecule has 0 aliphatic rings. The summed E-state index contributed by atoms with van der Waals surface area (Å²) in [5.74, 6) is -0.207. The molecule has 2 aromatic rings. The second kappa shape index (κ2) is 6.69. The maximum atomic E-state index is 12.2. The zero-order valence-electron chi connectivity index (χ0n) is 11.7. The molecule has 4 nitrogen and oxygen atoms in total. The van der Waals surface area contributed by atoms with Gasteiger partial charge >= 0.3 is 0 Å². The van der Waals surface area contributed by atoms with E-state index in [4.69, 9.17) is 5.26 Å². The normalized spacial score (nSPS) is 11.5. The third kappa shape index (κ3) is 3.68. The van der Waals surface area contributed by atoms with E-state index in [-0.39, 0.29) is 12.3 Å². The maximum absolute atomic E-state index is 12.2. The molecule has 1 amide bonds. The highest BCUT2D eigenvalue weighted by atomic mass is 16.3. The lowest BCUT2D eigenvalue weighted by Crippen LogP contribution is -2.27. The van der Waals surface area contributed by atoms with Gasteiger partial charge in [-0.15, -0.1) is 0 Å². The van der Waals surface area contributed by atoms with Crippen molar-refractivity contribution in [2.45, 2.75) is 12.5 Å². The minimum atomic E-state index is -0.833. The molecule has 0 heterocycles. The van der Waals surface area contributed by atoms with Crippen molar-refractivity contribution < 1.29 is 9.90 Å². The molecule has 0 saturated carbocycles. The van der Waals surface area contributed by atoms with Gasteiger partial charge in [-0.1, -0.05) is 36.4 Å². The van der Waals surface area contributed by atoms with Crippen LogP contribution >= 0.6 is 0 Å². The Bertz CT molecular complexity index is 662. The molecular formula is C17H16N2O2. The Morgan fingerprint density at radius 3 is 2.62 bits per heavy atom. The minimum absolute atomic E-state index is 0.00268. The first kappa shape index (κ1) is 14.8. The summed E-state index contributed by atoms with van der Waals surface area (Å²) in [4.78, 5) is 13.7. The van der Waals surface area contributed by atoms with E-state index in [9.17, 15) is 9.90 Å². The second-order valence-electron chi connectivity index (χ2n) is 4.75. The molecule has 0 bridgehead atoms. The van der Waals surface area contributed by atoms with Gasteiger partial charge < -0.3 is 10.0 Å². The fourth-order valence-corrected chi connectivity index (χ4v) is 2.02. The number of nitriles is 1. The second-order valence-corrected chi connectivity index (χ2v) is 4.75. The van der Waals surface area contributed by atoms with Crippen molar-refractivity contribution in [2.75, 3.05) is 11.9 Å². The summed E-state index contributed by atoms with van der Waals surface area (Å²) in [6.07, 6.45) is -0.836. The van der Waals surface area contributed by atoms with Gasteiger partial charge in [0.2, 0.25) is 5.91 Å². The van der Waals surface area contributed by atoms with Gasteiger partial charge in [-0.2, -0.15) is 5.26 Å². The monoisotopic (exact) mass is 280 g/mol. The SMILES string of the molecule is CN(C(=O)CC(O)c1ccccc1)c1cccc(C#N)c1. The van der Waals surface area contributed by atoms with Crippen LogP contribution in [0, 0.1) is 11.3 Å². The molecule has 4 heteroatoms. The van der Waals surface area contributed by atoms with Crippen LogP contribution in [-0.4, -0.2) is 18.1 Å². The van der Waals surface area contributed by atoms with Crippen LogP contribution in [0.2, 0.25) is 0 Å². The van der Waals surface area contributed by atoms with E-state index >= 15 is 0 Å². The van der Waals surface area contributed by atoms with E-state index in [1.165, 1.54) is 4.90 Å². The topological polar surface area (TPSA) is 64.3 Å². The van der Waals surface area contributed by atoms with E-state index < -0.39 is 6.10 Å². The summed E-state index contributed by atoms with van der Waals surface area (Å²) in [5.41, 5.74) is 1.85. The van der Waals surface area contributed by atoms with Gasteiger partial charge in [-0.25, -0.2) is 0 Å². The van der Waals surface area contributed by atoms with Crippen molar-refractivity contribution in [3.05, 3.63) is 65.7 Å². The van der Waals surface area contributed by atoms with E-state index in [0.717, 1.165) is 0 Å². The molecule has 106 valence electrons. The Morgan fingerprint density at radius 1 is 1.24 bits per heavy atom. The van der Waals surface area contributed by atoms with Crippen LogP contribution in [0.1, 0.15) is 23.7 Å². The van der Waals surface area contributed by atoms with Crippen molar-refractivity contribution in [3.63, 3.8) is 0 Å². The van der Waals surface area contributed by atoms with E-state index in [1.807, 2.05) is 24.3 Å². The number of rotatable bonds is 4. The van der Waals surface area contributed by atoms with Crippen molar-refractivity contribution in [1.29, 1.82) is 5.26 Å². The van der Waals surface area contributed by atoms with Crippen molar-refractivity contribution in [2.24, 2.45) is 0 Å². The number of hydrogen-bond acceptors (Lipinski definition) is 3. The number of aliphatic hydroxyl groups is 1. The molecule has 0 spiro atoms. The quantitative estimate of drug-likeness (QED) is 0.936. The zero-order valence-corrected chi connectivity index (χ0v) is 11.7. The average Bonchev–Trinajstić information content (AvgIpc) is 2.54. The predicted molar refractivity (Wildman–Crippen MR) is 80.6 cm³/mol. The number of amides is 1. The lowest BCUT2D eigenvalue weighted by atomic mass is 10.1. The fraction of sp³-hybridized carbons (Fsp3) is 0.176. The van der Waals surface area contributed by atoms with Crippen LogP contribution in [0.5, 0.6) is 0 Å². The highest BCUT2D eigenvalue weighted by Gasteiger charge is 2.17. The maximum Gasteiger partial charge on any atom is 0.229 e. The Kier molecular flexibility index (Phi) is 4.70. The van der Waals surface area contributed by atoms with Crippen molar-refractivity contribution >= 4 is 11.6 Å². The number of aliphatic hydroxyl groups excluding tert-OH is 1. The molecule has 2 aromatic carbocycles. The molecule has 2 rings (SSSR count). The van der Waals surface area contributed by atoms with Gasteiger partial charge in [0.1, 0.15) is 0 Å². The van der Waals surface area contributed by atoms with Gasteiger partial charge in [0.15, 0.2) is 0 Å². The number of benzene rings is 2. The number of anilines is 1. The zero-order chi connectivity index (χ0) is 15.2. The number of carbonyl (C=O) groups excluding carboxylic acids is 1. The summed E-state index contributed by atoms with van der Waals surface area (Å²) in [5, 5.41) is 19.0. The molecule has 0 saturated heterocycles. The molecule has 0 fully saturated rings. The number of nitrogens with zero attached hydrogens (tertiary/aromatic N) is 2. The van der Waals surface area contributed by atoms with E-state index in [0.29, 0.717) is 16.8 Å². The number of hydrogen-bond donors (Lipinski definition) is 1. The van der Waals surface area contributed by atoms with Crippen LogP contribution in [0.15, 0.2) is 54.6 Å². The van der Waals surface area contributed by atoms with Gasteiger partial charge in [0, 0.05) is 12.7 Å².